The van der Waals surface area contributed by atoms with Gasteiger partial charge in [-0.1, -0.05) is 30.3 Å². The highest BCUT2D eigenvalue weighted by Crippen LogP contribution is 2.36. The summed E-state index contributed by atoms with van der Waals surface area (Å²) in [6, 6.07) is 10.6. The minimum atomic E-state index is -0.991. The first kappa shape index (κ1) is 26.5. The summed E-state index contributed by atoms with van der Waals surface area (Å²) >= 11 is 0. The second-order valence-electron chi connectivity index (χ2n) is 10.0. The molecule has 1 amide bonds. The van der Waals surface area contributed by atoms with E-state index in [2.05, 4.69) is 20.6 Å². The molecule has 2 aromatic carbocycles. The molecule has 1 fully saturated rings. The normalized spacial score (nSPS) is 16.9. The lowest BCUT2D eigenvalue weighted by molar-refractivity contribution is 0.00578. The monoisotopic (exact) mass is 509 g/mol. The third-order valence-electron chi connectivity index (χ3n) is 6.76. The summed E-state index contributed by atoms with van der Waals surface area (Å²) in [7, 11) is -0.457. The standard InChI is InChI=1S/C26H30BF2N5O3/c1-15(17-8-11-19(28)20(29)12-17)33-24(35)22-23(32-14-21(30)34-22)31-13-16-6-9-18(10-7-16)27-36-25(2,3)26(4,5)37-27/h6-12,14-15H,13H2,1-5H3,(H2,30,34)(H,31,32)(H,33,35)/t15-/m0/s1. The number of nitrogens with two attached hydrogens (primary N) is 1. The van der Waals surface area contributed by atoms with Gasteiger partial charge in [-0.2, -0.15) is 0 Å². The number of anilines is 2. The van der Waals surface area contributed by atoms with Crippen molar-refractivity contribution < 1.29 is 22.9 Å². The molecule has 4 N–H and O–H groups in total. The van der Waals surface area contributed by atoms with E-state index in [-0.39, 0.29) is 17.3 Å². The summed E-state index contributed by atoms with van der Waals surface area (Å²) in [5, 5.41) is 5.84. The molecule has 1 aliphatic rings. The largest absolute Gasteiger partial charge is 0.494 e. The first-order valence-corrected chi connectivity index (χ1v) is 11.9. The lowest BCUT2D eigenvalue weighted by Crippen LogP contribution is -2.41. The van der Waals surface area contributed by atoms with Crippen molar-refractivity contribution in [2.45, 2.75) is 58.4 Å². The number of carbonyl (C=O) groups excluding carboxylic acids is 1. The molecular weight excluding hydrogens is 479 g/mol. The van der Waals surface area contributed by atoms with Crippen molar-refractivity contribution in [1.82, 2.24) is 15.3 Å². The van der Waals surface area contributed by atoms with Crippen LogP contribution in [0.1, 0.15) is 62.3 Å². The van der Waals surface area contributed by atoms with Crippen LogP contribution in [0.3, 0.4) is 0 Å². The average Bonchev–Trinajstić information content (AvgIpc) is 3.06. The minimum absolute atomic E-state index is 0.0109. The van der Waals surface area contributed by atoms with E-state index in [1.165, 1.54) is 12.3 Å². The van der Waals surface area contributed by atoms with Gasteiger partial charge in [-0.3, -0.25) is 4.79 Å². The molecular formula is C26H30BF2N5O3. The van der Waals surface area contributed by atoms with Gasteiger partial charge in [0.05, 0.1) is 23.4 Å². The number of benzene rings is 2. The summed E-state index contributed by atoms with van der Waals surface area (Å²) in [4.78, 5) is 21.3. The summed E-state index contributed by atoms with van der Waals surface area (Å²) in [6.45, 7) is 10.0. The Bertz CT molecular complexity index is 1290. The lowest BCUT2D eigenvalue weighted by Gasteiger charge is -2.32. The van der Waals surface area contributed by atoms with E-state index in [4.69, 9.17) is 15.0 Å². The molecule has 194 valence electrons. The fourth-order valence-electron chi connectivity index (χ4n) is 3.78. The number of nitrogens with one attached hydrogen (secondary N) is 2. The van der Waals surface area contributed by atoms with Crippen LogP contribution in [0.15, 0.2) is 48.7 Å². The number of halogens is 2. The van der Waals surface area contributed by atoms with Gasteiger partial charge < -0.3 is 25.7 Å². The molecule has 3 aromatic rings. The van der Waals surface area contributed by atoms with E-state index in [1.807, 2.05) is 52.0 Å². The Kier molecular flexibility index (Phi) is 7.21. The van der Waals surface area contributed by atoms with Gasteiger partial charge in [0.2, 0.25) is 0 Å². The Morgan fingerprint density at radius 2 is 1.70 bits per heavy atom. The van der Waals surface area contributed by atoms with E-state index in [9.17, 15) is 13.6 Å². The second kappa shape index (κ2) is 10.1. The highest BCUT2D eigenvalue weighted by Gasteiger charge is 2.51. The van der Waals surface area contributed by atoms with Crippen molar-refractivity contribution in [3.8, 4) is 0 Å². The molecule has 8 nitrogen and oxygen atoms in total. The predicted octanol–water partition coefficient (Wildman–Crippen LogP) is 3.74. The van der Waals surface area contributed by atoms with E-state index < -0.39 is 41.9 Å². The number of aromatic nitrogens is 2. The number of amides is 1. The van der Waals surface area contributed by atoms with E-state index >= 15 is 0 Å². The fraction of sp³-hybridized carbons (Fsp3) is 0.346. The van der Waals surface area contributed by atoms with Crippen LogP contribution in [0.2, 0.25) is 0 Å². The molecule has 0 spiro atoms. The van der Waals surface area contributed by atoms with Crippen LogP contribution < -0.4 is 21.8 Å². The predicted molar refractivity (Wildman–Crippen MR) is 138 cm³/mol. The Morgan fingerprint density at radius 3 is 2.32 bits per heavy atom. The van der Waals surface area contributed by atoms with Gasteiger partial charge in [-0.25, -0.2) is 18.7 Å². The number of hydrogen-bond donors (Lipinski definition) is 3. The van der Waals surface area contributed by atoms with Gasteiger partial charge >= 0.3 is 7.12 Å². The van der Waals surface area contributed by atoms with Crippen LogP contribution in [-0.4, -0.2) is 34.2 Å². The SMILES string of the molecule is C[C@H](NC(=O)c1nc(N)cnc1NCc1ccc(B2OC(C)(C)C(C)(C)O2)cc1)c1ccc(F)c(F)c1. The van der Waals surface area contributed by atoms with Crippen molar-refractivity contribution in [3.05, 3.63) is 77.1 Å². The molecule has 0 unspecified atom stereocenters. The van der Waals surface area contributed by atoms with Crippen LogP contribution in [0.4, 0.5) is 20.4 Å². The molecule has 0 aliphatic carbocycles. The lowest BCUT2D eigenvalue weighted by atomic mass is 9.79. The first-order valence-electron chi connectivity index (χ1n) is 11.9. The number of nitrogens with zero attached hydrogens (tertiary/aromatic N) is 2. The van der Waals surface area contributed by atoms with Crippen LogP contribution in [0.25, 0.3) is 0 Å². The second-order valence-corrected chi connectivity index (χ2v) is 10.0. The topological polar surface area (TPSA) is 111 Å². The van der Waals surface area contributed by atoms with Gasteiger partial charge in [-0.05, 0) is 63.3 Å². The Labute approximate surface area is 215 Å². The molecule has 1 saturated heterocycles. The van der Waals surface area contributed by atoms with Gasteiger partial charge in [0.1, 0.15) is 5.82 Å². The van der Waals surface area contributed by atoms with Crippen molar-refractivity contribution in [2.24, 2.45) is 0 Å². The van der Waals surface area contributed by atoms with Crippen LogP contribution in [0, 0.1) is 11.6 Å². The number of nitrogen functional groups attached to an aromatic ring is 1. The molecule has 4 rings (SSSR count). The summed E-state index contributed by atoms with van der Waals surface area (Å²) < 4.78 is 39.1. The number of rotatable bonds is 7. The van der Waals surface area contributed by atoms with Crippen LogP contribution in [0.5, 0.6) is 0 Å². The highest BCUT2D eigenvalue weighted by atomic mass is 19.2. The maximum absolute atomic E-state index is 13.6. The quantitative estimate of drug-likeness (QED) is 0.416. The van der Waals surface area contributed by atoms with Gasteiger partial charge in [-0.15, -0.1) is 0 Å². The number of carbonyl (C=O) groups is 1. The third kappa shape index (κ3) is 5.73. The molecule has 11 heteroatoms. The zero-order chi connectivity index (χ0) is 27.0. The van der Waals surface area contributed by atoms with Crippen LogP contribution >= 0.6 is 0 Å². The Balaban J connectivity index is 1.43. The van der Waals surface area contributed by atoms with Crippen molar-refractivity contribution in [1.29, 1.82) is 0 Å². The maximum atomic E-state index is 13.6. The molecule has 2 heterocycles. The Hall–Kier alpha value is -3.57. The van der Waals surface area contributed by atoms with Crippen molar-refractivity contribution in [3.63, 3.8) is 0 Å². The molecule has 1 atom stereocenters. The zero-order valence-electron chi connectivity index (χ0n) is 21.4. The first-order chi connectivity index (χ1) is 17.4. The molecule has 1 aliphatic heterocycles. The van der Waals surface area contributed by atoms with Crippen molar-refractivity contribution in [2.75, 3.05) is 11.1 Å². The molecule has 0 saturated carbocycles. The van der Waals surface area contributed by atoms with Gasteiger partial charge in [0.15, 0.2) is 23.1 Å². The smallest absolute Gasteiger partial charge is 0.399 e. The van der Waals surface area contributed by atoms with Crippen molar-refractivity contribution >= 4 is 30.1 Å². The Morgan fingerprint density at radius 1 is 1.05 bits per heavy atom. The molecule has 0 radical (unpaired) electrons. The zero-order valence-corrected chi connectivity index (χ0v) is 21.4. The summed E-state index contributed by atoms with van der Waals surface area (Å²) in [5.41, 5.74) is 7.15. The average molecular weight is 509 g/mol. The van der Waals surface area contributed by atoms with E-state index in [0.717, 1.165) is 23.2 Å². The fourth-order valence-corrected chi connectivity index (χ4v) is 3.78. The van der Waals surface area contributed by atoms with Gasteiger partial charge in [0.25, 0.3) is 5.91 Å². The van der Waals surface area contributed by atoms with Gasteiger partial charge in [0, 0.05) is 6.54 Å². The molecule has 0 bridgehead atoms. The molecule has 37 heavy (non-hydrogen) atoms. The summed E-state index contributed by atoms with van der Waals surface area (Å²) in [6.07, 6.45) is 1.35. The minimum Gasteiger partial charge on any atom is -0.399 e. The van der Waals surface area contributed by atoms with E-state index in [1.54, 1.807) is 6.92 Å². The van der Waals surface area contributed by atoms with Crippen LogP contribution in [-0.2, 0) is 15.9 Å². The van der Waals surface area contributed by atoms with E-state index in [0.29, 0.717) is 12.1 Å². The summed E-state index contributed by atoms with van der Waals surface area (Å²) in [5.74, 6) is -2.20. The molecule has 1 aromatic heterocycles. The highest BCUT2D eigenvalue weighted by molar-refractivity contribution is 6.62. The number of hydrogen-bond acceptors (Lipinski definition) is 7. The maximum Gasteiger partial charge on any atom is 0.494 e. The third-order valence-corrected chi connectivity index (χ3v) is 6.76.